The maximum Gasteiger partial charge on any atom is 0.261 e. The van der Waals surface area contributed by atoms with Crippen LogP contribution in [0.3, 0.4) is 0 Å². The molecule has 0 aliphatic carbocycles. The van der Waals surface area contributed by atoms with Crippen LogP contribution in [0.15, 0.2) is 55.1 Å². The standard InChI is InChI=1S/C20H21N5O2/c1-15-22-9-11-24(15)19-13-21-12-17(23-19)18-8-5-10-25(18)20(26)14-27-16-6-3-2-4-7-16/h2-4,6-7,9,11-13,18H,5,8,10,14H2,1H3/t18-/m0/s1. The van der Waals surface area contributed by atoms with Gasteiger partial charge in [0.2, 0.25) is 0 Å². The molecule has 1 aliphatic rings. The van der Waals surface area contributed by atoms with Gasteiger partial charge in [0, 0.05) is 18.9 Å². The predicted octanol–water partition coefficient (Wildman–Crippen LogP) is 2.71. The molecule has 7 nitrogen and oxygen atoms in total. The lowest BCUT2D eigenvalue weighted by atomic mass is 10.1. The highest BCUT2D eigenvalue weighted by Gasteiger charge is 2.31. The molecule has 2 aromatic heterocycles. The van der Waals surface area contributed by atoms with Gasteiger partial charge in [0.05, 0.1) is 24.1 Å². The van der Waals surface area contributed by atoms with Crippen LogP contribution in [0.5, 0.6) is 5.75 Å². The van der Waals surface area contributed by atoms with Crippen molar-refractivity contribution in [3.05, 3.63) is 66.6 Å². The van der Waals surface area contributed by atoms with Crippen molar-refractivity contribution >= 4 is 5.91 Å². The van der Waals surface area contributed by atoms with Crippen molar-refractivity contribution in [2.75, 3.05) is 13.2 Å². The zero-order valence-corrected chi connectivity index (χ0v) is 15.2. The molecule has 7 heteroatoms. The van der Waals surface area contributed by atoms with Gasteiger partial charge in [0.25, 0.3) is 5.91 Å². The Morgan fingerprint density at radius 3 is 2.89 bits per heavy atom. The van der Waals surface area contributed by atoms with Gasteiger partial charge in [-0.3, -0.25) is 14.3 Å². The van der Waals surface area contributed by atoms with Crippen molar-refractivity contribution in [2.24, 2.45) is 0 Å². The number of aromatic nitrogens is 4. The first-order valence-electron chi connectivity index (χ1n) is 9.02. The van der Waals surface area contributed by atoms with Gasteiger partial charge in [-0.15, -0.1) is 0 Å². The summed E-state index contributed by atoms with van der Waals surface area (Å²) in [5.74, 6) is 2.21. The molecule has 1 aliphatic heterocycles. The highest BCUT2D eigenvalue weighted by atomic mass is 16.5. The van der Waals surface area contributed by atoms with Crippen LogP contribution < -0.4 is 4.74 Å². The van der Waals surface area contributed by atoms with Gasteiger partial charge in [0.1, 0.15) is 11.6 Å². The van der Waals surface area contributed by atoms with Gasteiger partial charge in [-0.1, -0.05) is 18.2 Å². The molecule has 3 heterocycles. The third-order valence-corrected chi connectivity index (χ3v) is 4.73. The van der Waals surface area contributed by atoms with E-state index in [1.165, 1.54) is 0 Å². The summed E-state index contributed by atoms with van der Waals surface area (Å²) in [4.78, 5) is 27.9. The number of amides is 1. The van der Waals surface area contributed by atoms with Crippen molar-refractivity contribution in [1.82, 2.24) is 24.4 Å². The third-order valence-electron chi connectivity index (χ3n) is 4.73. The highest BCUT2D eigenvalue weighted by molar-refractivity contribution is 5.78. The van der Waals surface area contributed by atoms with Gasteiger partial charge < -0.3 is 9.64 Å². The summed E-state index contributed by atoms with van der Waals surface area (Å²) in [6, 6.07) is 9.30. The summed E-state index contributed by atoms with van der Waals surface area (Å²) in [6.07, 6.45) is 8.85. The maximum atomic E-state index is 12.7. The number of carbonyl (C=O) groups is 1. The monoisotopic (exact) mass is 363 g/mol. The Kier molecular flexibility index (Phi) is 4.82. The van der Waals surface area contributed by atoms with E-state index in [2.05, 4.69) is 9.97 Å². The molecule has 1 amide bonds. The largest absolute Gasteiger partial charge is 0.484 e. The fraction of sp³-hybridized carbons (Fsp3) is 0.300. The Morgan fingerprint density at radius 1 is 1.26 bits per heavy atom. The molecule has 1 aromatic carbocycles. The summed E-state index contributed by atoms with van der Waals surface area (Å²) >= 11 is 0. The second kappa shape index (κ2) is 7.57. The lowest BCUT2D eigenvalue weighted by Gasteiger charge is -2.24. The summed E-state index contributed by atoms with van der Waals surface area (Å²) in [7, 11) is 0. The number of nitrogens with zero attached hydrogens (tertiary/aromatic N) is 5. The number of benzene rings is 1. The molecular weight excluding hydrogens is 342 g/mol. The second-order valence-electron chi connectivity index (χ2n) is 6.49. The van der Waals surface area contributed by atoms with E-state index >= 15 is 0 Å². The van der Waals surface area contributed by atoms with Gasteiger partial charge in [-0.2, -0.15) is 0 Å². The van der Waals surface area contributed by atoms with E-state index in [4.69, 9.17) is 9.72 Å². The number of hydrogen-bond donors (Lipinski definition) is 0. The van der Waals surface area contributed by atoms with E-state index < -0.39 is 0 Å². The van der Waals surface area contributed by atoms with E-state index in [1.807, 2.05) is 52.9 Å². The zero-order valence-electron chi connectivity index (χ0n) is 15.2. The molecule has 4 rings (SSSR count). The van der Waals surface area contributed by atoms with Gasteiger partial charge in [-0.05, 0) is 31.9 Å². The van der Waals surface area contributed by atoms with E-state index in [0.29, 0.717) is 18.1 Å². The molecular formula is C20H21N5O2. The van der Waals surface area contributed by atoms with Crippen LogP contribution in [0.25, 0.3) is 5.82 Å². The Labute approximate surface area is 157 Å². The maximum absolute atomic E-state index is 12.7. The molecule has 0 bridgehead atoms. The fourth-order valence-corrected chi connectivity index (χ4v) is 3.38. The Morgan fingerprint density at radius 2 is 2.11 bits per heavy atom. The minimum absolute atomic E-state index is 0.0221. The molecule has 0 unspecified atom stereocenters. The Hall–Kier alpha value is -3.22. The van der Waals surface area contributed by atoms with Gasteiger partial charge >= 0.3 is 0 Å². The van der Waals surface area contributed by atoms with E-state index in [0.717, 1.165) is 24.4 Å². The molecule has 1 atom stereocenters. The van der Waals surface area contributed by atoms with Crippen LogP contribution in [0.4, 0.5) is 0 Å². The molecule has 1 fully saturated rings. The first-order chi connectivity index (χ1) is 13.2. The van der Waals surface area contributed by atoms with Crippen LogP contribution in [0, 0.1) is 6.92 Å². The SMILES string of the molecule is Cc1nccn1-c1cncc([C@@H]2CCCN2C(=O)COc2ccccc2)n1. The first-order valence-corrected chi connectivity index (χ1v) is 9.02. The lowest BCUT2D eigenvalue weighted by Crippen LogP contribution is -2.35. The van der Waals surface area contributed by atoms with Crippen molar-refractivity contribution in [1.29, 1.82) is 0 Å². The fourth-order valence-electron chi connectivity index (χ4n) is 3.38. The zero-order chi connectivity index (χ0) is 18.6. The number of likely N-dealkylation sites (tertiary alicyclic amines) is 1. The quantitative estimate of drug-likeness (QED) is 0.697. The Balaban J connectivity index is 1.50. The minimum Gasteiger partial charge on any atom is -0.484 e. The number of rotatable bonds is 5. The smallest absolute Gasteiger partial charge is 0.261 e. The van der Waals surface area contributed by atoms with Crippen LogP contribution in [-0.2, 0) is 4.79 Å². The number of carbonyl (C=O) groups excluding carboxylic acids is 1. The predicted molar refractivity (Wildman–Crippen MR) is 99.5 cm³/mol. The number of hydrogen-bond acceptors (Lipinski definition) is 5. The average molecular weight is 363 g/mol. The van der Waals surface area contributed by atoms with E-state index in [9.17, 15) is 4.79 Å². The van der Waals surface area contributed by atoms with Crippen molar-refractivity contribution in [3.8, 4) is 11.6 Å². The highest BCUT2D eigenvalue weighted by Crippen LogP contribution is 2.31. The lowest BCUT2D eigenvalue weighted by molar-refractivity contribution is -0.134. The van der Waals surface area contributed by atoms with Crippen LogP contribution in [0.1, 0.15) is 30.4 Å². The summed E-state index contributed by atoms with van der Waals surface area (Å²) in [5.41, 5.74) is 0.797. The molecule has 0 radical (unpaired) electrons. The van der Waals surface area contributed by atoms with Gasteiger partial charge in [-0.25, -0.2) is 9.97 Å². The van der Waals surface area contributed by atoms with Gasteiger partial charge in [0.15, 0.2) is 12.4 Å². The van der Waals surface area contributed by atoms with Crippen molar-refractivity contribution in [2.45, 2.75) is 25.8 Å². The van der Waals surface area contributed by atoms with Crippen LogP contribution in [0.2, 0.25) is 0 Å². The third kappa shape index (κ3) is 3.67. The number of imidazole rings is 1. The van der Waals surface area contributed by atoms with Crippen LogP contribution in [-0.4, -0.2) is 43.5 Å². The number of ether oxygens (including phenoxy) is 1. The molecule has 138 valence electrons. The molecule has 0 spiro atoms. The van der Waals surface area contributed by atoms with E-state index in [-0.39, 0.29) is 18.6 Å². The topological polar surface area (TPSA) is 73.1 Å². The number of aryl methyl sites for hydroxylation is 1. The van der Waals surface area contributed by atoms with Crippen LogP contribution >= 0.6 is 0 Å². The summed E-state index contributed by atoms with van der Waals surface area (Å²) in [5, 5.41) is 0. The summed E-state index contributed by atoms with van der Waals surface area (Å²) in [6.45, 7) is 2.65. The minimum atomic E-state index is -0.0758. The molecule has 0 saturated carbocycles. The molecule has 3 aromatic rings. The number of para-hydroxylation sites is 1. The van der Waals surface area contributed by atoms with E-state index in [1.54, 1.807) is 18.6 Å². The Bertz CT molecular complexity index is 925. The van der Waals surface area contributed by atoms with Crippen molar-refractivity contribution < 1.29 is 9.53 Å². The molecule has 1 saturated heterocycles. The normalized spacial score (nSPS) is 16.5. The second-order valence-corrected chi connectivity index (χ2v) is 6.49. The summed E-state index contributed by atoms with van der Waals surface area (Å²) < 4.78 is 7.51. The molecule has 0 N–H and O–H groups in total. The molecule has 27 heavy (non-hydrogen) atoms. The van der Waals surface area contributed by atoms with Crippen molar-refractivity contribution in [3.63, 3.8) is 0 Å². The first kappa shape index (κ1) is 17.2. The average Bonchev–Trinajstić information content (AvgIpc) is 3.36.